The Morgan fingerprint density at radius 1 is 1.26 bits per heavy atom. The molecule has 3 rings (SSSR count). The van der Waals surface area contributed by atoms with Crippen molar-refractivity contribution in [2.24, 2.45) is 5.92 Å². The molecule has 1 aromatic carbocycles. The number of hydrogen-bond donors (Lipinski definition) is 0. The van der Waals surface area contributed by atoms with E-state index in [1.807, 2.05) is 18.2 Å². The van der Waals surface area contributed by atoms with E-state index in [2.05, 4.69) is 10.8 Å². The van der Waals surface area contributed by atoms with Crippen molar-refractivity contribution >= 4 is 6.21 Å². The minimum Gasteiger partial charge on any atom is -0.497 e. The number of hydrogen-bond acceptors (Lipinski definition) is 2. The third-order valence-corrected chi connectivity index (χ3v) is 4.14. The van der Waals surface area contributed by atoms with Crippen LogP contribution in [0.4, 0.5) is 0 Å². The highest BCUT2D eigenvalue weighted by Crippen LogP contribution is 2.27. The zero-order valence-electron chi connectivity index (χ0n) is 11.6. The van der Waals surface area contributed by atoms with Gasteiger partial charge in [-0.2, -0.15) is 0 Å². The van der Waals surface area contributed by atoms with Gasteiger partial charge in [-0.25, -0.2) is 4.58 Å². The smallest absolute Gasteiger partial charge is 0.287 e. The highest BCUT2D eigenvalue weighted by molar-refractivity contribution is 5.81. The van der Waals surface area contributed by atoms with Gasteiger partial charge >= 0.3 is 0 Å². The summed E-state index contributed by atoms with van der Waals surface area (Å²) in [6.07, 6.45) is 9.16. The maximum Gasteiger partial charge on any atom is 0.287 e. The summed E-state index contributed by atoms with van der Waals surface area (Å²) in [7, 11) is 1.70. The first-order chi connectivity index (χ1) is 9.35. The lowest BCUT2D eigenvalue weighted by atomic mass is 9.89. The topological polar surface area (TPSA) is 21.5 Å². The van der Waals surface area contributed by atoms with Crippen LogP contribution in [0.3, 0.4) is 0 Å². The first-order valence-corrected chi connectivity index (χ1v) is 7.25. The number of benzene rings is 1. The van der Waals surface area contributed by atoms with Crippen LogP contribution in [0.15, 0.2) is 18.2 Å². The molecular weight excluding hydrogens is 238 g/mol. The lowest BCUT2D eigenvalue weighted by molar-refractivity contribution is -0.563. The second kappa shape index (κ2) is 5.64. The Morgan fingerprint density at radius 2 is 2.11 bits per heavy atom. The van der Waals surface area contributed by atoms with Crippen LogP contribution in [0, 0.1) is 5.92 Å². The minimum absolute atomic E-state index is 0.676. The van der Waals surface area contributed by atoms with Crippen molar-refractivity contribution in [1.29, 1.82) is 0 Å². The Kier molecular flexibility index (Phi) is 3.72. The van der Waals surface area contributed by atoms with Crippen LogP contribution < -0.4 is 9.47 Å². The van der Waals surface area contributed by atoms with Gasteiger partial charge in [0.05, 0.1) is 12.7 Å². The Hall–Kier alpha value is -1.51. The maximum absolute atomic E-state index is 5.82. The highest BCUT2D eigenvalue weighted by atomic mass is 16.5. The van der Waals surface area contributed by atoms with Crippen molar-refractivity contribution in [2.75, 3.05) is 20.4 Å². The SMILES string of the molecule is COc1ccc2c(c1)C=[N+](CC1CCCCC1)CO2. The number of fused-ring (bicyclic) bond motifs is 1. The normalized spacial score (nSPS) is 19.3. The molecule has 2 aliphatic rings. The van der Waals surface area contributed by atoms with Crippen LogP contribution in [0.25, 0.3) is 0 Å². The van der Waals surface area contributed by atoms with E-state index in [9.17, 15) is 0 Å². The Bertz CT molecular complexity index is 476. The lowest BCUT2D eigenvalue weighted by Crippen LogP contribution is -2.29. The van der Waals surface area contributed by atoms with E-state index in [4.69, 9.17) is 9.47 Å². The van der Waals surface area contributed by atoms with Crippen LogP contribution in [0.5, 0.6) is 11.5 Å². The molecule has 1 aliphatic carbocycles. The van der Waals surface area contributed by atoms with Crippen molar-refractivity contribution in [3.05, 3.63) is 23.8 Å². The van der Waals surface area contributed by atoms with Gasteiger partial charge in [0, 0.05) is 5.92 Å². The fraction of sp³-hybridized carbons (Fsp3) is 0.562. The summed E-state index contributed by atoms with van der Waals surface area (Å²) in [5.74, 6) is 2.68. The zero-order valence-corrected chi connectivity index (χ0v) is 11.6. The first kappa shape index (κ1) is 12.5. The Balaban J connectivity index is 1.74. The second-order valence-corrected chi connectivity index (χ2v) is 5.58. The average Bonchev–Trinajstić information content (AvgIpc) is 2.47. The van der Waals surface area contributed by atoms with Crippen LogP contribution in [-0.4, -0.2) is 31.2 Å². The van der Waals surface area contributed by atoms with Crippen LogP contribution >= 0.6 is 0 Å². The first-order valence-electron chi connectivity index (χ1n) is 7.25. The molecule has 1 saturated carbocycles. The molecule has 1 aromatic rings. The van der Waals surface area contributed by atoms with Crippen molar-refractivity contribution in [1.82, 2.24) is 0 Å². The molecule has 3 nitrogen and oxygen atoms in total. The maximum atomic E-state index is 5.82. The Morgan fingerprint density at radius 3 is 2.89 bits per heavy atom. The predicted molar refractivity (Wildman–Crippen MR) is 75.4 cm³/mol. The van der Waals surface area contributed by atoms with E-state index in [0.29, 0.717) is 6.73 Å². The quantitative estimate of drug-likeness (QED) is 0.779. The summed E-state index contributed by atoms with van der Waals surface area (Å²) in [6.45, 7) is 1.80. The lowest BCUT2D eigenvalue weighted by Gasteiger charge is -2.21. The molecule has 0 unspecified atom stereocenters. The fourth-order valence-corrected chi connectivity index (χ4v) is 3.08. The van der Waals surface area contributed by atoms with Crippen molar-refractivity contribution in [3.8, 4) is 11.5 Å². The number of methoxy groups -OCH3 is 1. The molecular formula is C16H22NO2+. The minimum atomic E-state index is 0.676. The summed E-state index contributed by atoms with van der Waals surface area (Å²) in [6, 6.07) is 5.98. The van der Waals surface area contributed by atoms with Crippen molar-refractivity contribution in [3.63, 3.8) is 0 Å². The predicted octanol–water partition coefficient (Wildman–Crippen LogP) is 3.06. The molecule has 0 amide bonds. The Labute approximate surface area is 114 Å². The molecule has 0 atom stereocenters. The van der Waals surface area contributed by atoms with Gasteiger partial charge in [0.1, 0.15) is 18.0 Å². The van der Waals surface area contributed by atoms with E-state index in [1.54, 1.807) is 7.11 Å². The summed E-state index contributed by atoms with van der Waals surface area (Å²) < 4.78 is 13.4. The van der Waals surface area contributed by atoms with E-state index in [0.717, 1.165) is 29.5 Å². The van der Waals surface area contributed by atoms with E-state index in [-0.39, 0.29) is 0 Å². The summed E-state index contributed by atoms with van der Waals surface area (Å²) in [5.41, 5.74) is 1.13. The molecule has 0 saturated heterocycles. The molecule has 102 valence electrons. The van der Waals surface area contributed by atoms with Gasteiger partial charge in [0.15, 0.2) is 6.21 Å². The van der Waals surface area contributed by atoms with Crippen molar-refractivity contribution < 1.29 is 14.0 Å². The van der Waals surface area contributed by atoms with Gasteiger partial charge in [0.2, 0.25) is 0 Å². The van der Waals surface area contributed by atoms with E-state index in [1.165, 1.54) is 32.1 Å². The average molecular weight is 260 g/mol. The molecule has 0 radical (unpaired) electrons. The summed E-state index contributed by atoms with van der Waals surface area (Å²) in [4.78, 5) is 0. The second-order valence-electron chi connectivity index (χ2n) is 5.58. The van der Waals surface area contributed by atoms with Gasteiger partial charge < -0.3 is 9.47 Å². The van der Waals surface area contributed by atoms with Crippen LogP contribution in [0.1, 0.15) is 37.7 Å². The number of ether oxygens (including phenoxy) is 2. The fourth-order valence-electron chi connectivity index (χ4n) is 3.08. The van der Waals surface area contributed by atoms with Crippen LogP contribution in [0.2, 0.25) is 0 Å². The third-order valence-electron chi connectivity index (χ3n) is 4.14. The summed E-state index contributed by atoms with van der Waals surface area (Å²) >= 11 is 0. The molecule has 0 spiro atoms. The molecule has 1 aliphatic heterocycles. The molecule has 1 heterocycles. The van der Waals surface area contributed by atoms with Crippen molar-refractivity contribution in [2.45, 2.75) is 32.1 Å². The standard InChI is InChI=1S/C16H22NO2/c1-18-15-7-8-16-14(9-15)11-17(12-19-16)10-13-5-3-2-4-6-13/h7-9,11,13H,2-6,10,12H2,1H3/q+1. The van der Waals surface area contributed by atoms with Gasteiger partial charge in [0.25, 0.3) is 6.73 Å². The van der Waals surface area contributed by atoms with E-state index < -0.39 is 0 Å². The molecule has 0 bridgehead atoms. The van der Waals surface area contributed by atoms with E-state index >= 15 is 0 Å². The van der Waals surface area contributed by atoms with Gasteiger partial charge in [-0.1, -0.05) is 19.3 Å². The van der Waals surface area contributed by atoms with Crippen LogP contribution in [-0.2, 0) is 0 Å². The van der Waals surface area contributed by atoms with Gasteiger partial charge in [-0.05, 0) is 31.0 Å². The molecule has 19 heavy (non-hydrogen) atoms. The molecule has 0 aromatic heterocycles. The number of rotatable bonds is 3. The molecule has 3 heteroatoms. The third kappa shape index (κ3) is 2.91. The summed E-state index contributed by atoms with van der Waals surface area (Å²) in [5, 5.41) is 0. The number of nitrogens with zero attached hydrogens (tertiary/aromatic N) is 1. The largest absolute Gasteiger partial charge is 0.497 e. The van der Waals surface area contributed by atoms with Gasteiger partial charge in [-0.3, -0.25) is 0 Å². The highest BCUT2D eigenvalue weighted by Gasteiger charge is 2.22. The van der Waals surface area contributed by atoms with Gasteiger partial charge in [-0.15, -0.1) is 0 Å². The monoisotopic (exact) mass is 260 g/mol. The molecule has 0 N–H and O–H groups in total. The zero-order chi connectivity index (χ0) is 13.1. The molecule has 1 fully saturated rings.